The Balaban J connectivity index is 0.00000363. The Kier molecular flexibility index (Phi) is 11.5. The number of benzene rings is 1. The molecule has 32 heavy (non-hydrogen) atoms. The fraction of sp³-hybridized carbons (Fsp3) is 0.455. The Morgan fingerprint density at radius 3 is 2.56 bits per heavy atom. The van der Waals surface area contributed by atoms with E-state index in [2.05, 4.69) is 36.6 Å². The predicted molar refractivity (Wildman–Crippen MR) is 140 cm³/mol. The van der Waals surface area contributed by atoms with E-state index in [-0.39, 0.29) is 29.9 Å². The second kappa shape index (κ2) is 14.1. The van der Waals surface area contributed by atoms with Gasteiger partial charge in [0.2, 0.25) is 11.9 Å². The Labute approximate surface area is 211 Å². The number of piperazine rings is 1. The quantitative estimate of drug-likeness (QED) is 0.288. The highest BCUT2D eigenvalue weighted by Crippen LogP contribution is 2.11. The van der Waals surface area contributed by atoms with Crippen molar-refractivity contribution >= 4 is 53.4 Å². The molecule has 8 nitrogen and oxygen atoms in total. The highest BCUT2D eigenvalue weighted by Gasteiger charge is 2.22. The Hall–Kier alpha value is -2.14. The number of aliphatic imine (C=N–C) groups is 1. The van der Waals surface area contributed by atoms with Gasteiger partial charge in [-0.2, -0.15) is 0 Å². The first-order valence-corrected chi connectivity index (χ1v) is 11.1. The van der Waals surface area contributed by atoms with Gasteiger partial charge in [0, 0.05) is 63.1 Å². The third-order valence-electron chi connectivity index (χ3n) is 5.00. The normalized spacial score (nSPS) is 14.0. The van der Waals surface area contributed by atoms with Crippen LogP contribution in [0.15, 0.2) is 47.7 Å². The lowest BCUT2D eigenvalue weighted by molar-refractivity contribution is -0.131. The van der Waals surface area contributed by atoms with Gasteiger partial charge in [0.25, 0.3) is 0 Å². The maximum absolute atomic E-state index is 12.6. The molecule has 2 heterocycles. The summed E-state index contributed by atoms with van der Waals surface area (Å²) >= 11 is 6.04. The van der Waals surface area contributed by atoms with Crippen LogP contribution >= 0.6 is 35.6 Å². The Morgan fingerprint density at radius 1 is 1.12 bits per heavy atom. The molecule has 1 amide bonds. The van der Waals surface area contributed by atoms with Gasteiger partial charge in [-0.1, -0.05) is 23.7 Å². The summed E-state index contributed by atoms with van der Waals surface area (Å²) in [5, 5.41) is 7.29. The van der Waals surface area contributed by atoms with Gasteiger partial charge in [-0.15, -0.1) is 24.0 Å². The van der Waals surface area contributed by atoms with Crippen LogP contribution in [0.5, 0.6) is 0 Å². The smallest absolute Gasteiger partial charge is 0.225 e. The minimum Gasteiger partial charge on any atom is -0.357 e. The zero-order valence-corrected chi connectivity index (χ0v) is 21.4. The lowest BCUT2D eigenvalue weighted by Gasteiger charge is -2.34. The minimum atomic E-state index is 0. The number of carbonyl (C=O) groups is 1. The van der Waals surface area contributed by atoms with E-state index >= 15 is 0 Å². The van der Waals surface area contributed by atoms with Crippen LogP contribution in [0.3, 0.4) is 0 Å². The second-order valence-corrected chi connectivity index (χ2v) is 7.67. The van der Waals surface area contributed by atoms with Gasteiger partial charge in [0.15, 0.2) is 5.96 Å². The molecule has 0 saturated carbocycles. The van der Waals surface area contributed by atoms with Crippen molar-refractivity contribution in [3.05, 3.63) is 53.3 Å². The first-order chi connectivity index (χ1) is 15.2. The van der Waals surface area contributed by atoms with Crippen molar-refractivity contribution in [1.29, 1.82) is 0 Å². The van der Waals surface area contributed by atoms with Gasteiger partial charge in [-0.3, -0.25) is 9.79 Å². The molecular formula is C22H31ClIN7O. The molecule has 10 heteroatoms. The van der Waals surface area contributed by atoms with Crippen LogP contribution in [0.4, 0.5) is 5.95 Å². The van der Waals surface area contributed by atoms with Crippen molar-refractivity contribution in [1.82, 2.24) is 25.5 Å². The minimum absolute atomic E-state index is 0. The van der Waals surface area contributed by atoms with Gasteiger partial charge in [-0.05, 0) is 37.1 Å². The SMILES string of the molecule is CCNC(=NCCC(=O)N1CCN(c2ncccn2)CC1)NCCc1cccc(Cl)c1.I. The fourth-order valence-corrected chi connectivity index (χ4v) is 3.60. The zero-order chi connectivity index (χ0) is 21.9. The van der Waals surface area contributed by atoms with Crippen LogP contribution in [0.1, 0.15) is 18.9 Å². The number of aromatic nitrogens is 2. The second-order valence-electron chi connectivity index (χ2n) is 7.23. The molecular weight excluding hydrogens is 541 g/mol. The number of amides is 1. The lowest BCUT2D eigenvalue weighted by Crippen LogP contribution is -2.49. The largest absolute Gasteiger partial charge is 0.357 e. The summed E-state index contributed by atoms with van der Waals surface area (Å²) < 4.78 is 0. The van der Waals surface area contributed by atoms with Crippen LogP contribution in [0, 0.1) is 0 Å². The van der Waals surface area contributed by atoms with E-state index in [9.17, 15) is 4.79 Å². The van der Waals surface area contributed by atoms with E-state index in [1.54, 1.807) is 18.5 Å². The van der Waals surface area contributed by atoms with Gasteiger partial charge in [0.05, 0.1) is 6.54 Å². The molecule has 0 unspecified atom stereocenters. The number of carbonyl (C=O) groups excluding carboxylic acids is 1. The summed E-state index contributed by atoms with van der Waals surface area (Å²) in [7, 11) is 0. The zero-order valence-electron chi connectivity index (χ0n) is 18.3. The summed E-state index contributed by atoms with van der Waals surface area (Å²) in [6.07, 6.45) is 4.72. The van der Waals surface area contributed by atoms with E-state index in [1.165, 1.54) is 5.56 Å². The molecule has 0 atom stereocenters. The number of nitrogens with zero attached hydrogens (tertiary/aromatic N) is 5. The van der Waals surface area contributed by atoms with Crippen molar-refractivity contribution in [3.8, 4) is 0 Å². The first kappa shape index (κ1) is 26.1. The van der Waals surface area contributed by atoms with E-state index < -0.39 is 0 Å². The standard InChI is InChI=1S/C22H30ClN7O.HI/c1-2-24-21(25-11-7-18-5-3-6-19(23)17-18)26-12-8-20(31)29-13-15-30(16-14-29)22-27-9-4-10-28-22;/h3-6,9-10,17H,2,7-8,11-16H2,1H3,(H2,24,25,26);1H. The molecule has 0 aliphatic carbocycles. The predicted octanol–water partition coefficient (Wildman–Crippen LogP) is 2.58. The molecule has 0 spiro atoms. The summed E-state index contributed by atoms with van der Waals surface area (Å²) in [6.45, 7) is 6.82. The van der Waals surface area contributed by atoms with E-state index in [1.807, 2.05) is 30.0 Å². The molecule has 2 N–H and O–H groups in total. The number of guanidine groups is 1. The van der Waals surface area contributed by atoms with Crippen molar-refractivity contribution in [3.63, 3.8) is 0 Å². The van der Waals surface area contributed by atoms with E-state index in [0.29, 0.717) is 26.1 Å². The third kappa shape index (κ3) is 8.42. The van der Waals surface area contributed by atoms with Gasteiger partial charge in [-0.25, -0.2) is 9.97 Å². The first-order valence-electron chi connectivity index (χ1n) is 10.7. The number of nitrogens with one attached hydrogen (secondary N) is 2. The fourth-order valence-electron chi connectivity index (χ4n) is 3.39. The van der Waals surface area contributed by atoms with Crippen molar-refractivity contribution in [2.45, 2.75) is 19.8 Å². The monoisotopic (exact) mass is 571 g/mol. The third-order valence-corrected chi connectivity index (χ3v) is 5.24. The molecule has 1 aliphatic rings. The van der Waals surface area contributed by atoms with E-state index in [4.69, 9.17) is 11.6 Å². The molecule has 1 saturated heterocycles. The number of rotatable bonds is 8. The highest BCUT2D eigenvalue weighted by atomic mass is 127. The molecule has 1 aliphatic heterocycles. The van der Waals surface area contributed by atoms with Crippen molar-refractivity contribution in [2.24, 2.45) is 4.99 Å². The maximum atomic E-state index is 12.6. The molecule has 0 bridgehead atoms. The molecule has 2 aromatic rings. The molecule has 1 aromatic carbocycles. The maximum Gasteiger partial charge on any atom is 0.225 e. The topological polar surface area (TPSA) is 85.8 Å². The molecule has 0 radical (unpaired) electrons. The number of hydrogen-bond acceptors (Lipinski definition) is 5. The van der Waals surface area contributed by atoms with Crippen molar-refractivity contribution in [2.75, 3.05) is 50.7 Å². The Morgan fingerprint density at radius 2 is 1.88 bits per heavy atom. The van der Waals surface area contributed by atoms with Gasteiger partial charge >= 0.3 is 0 Å². The molecule has 1 fully saturated rings. The van der Waals surface area contributed by atoms with Crippen LogP contribution < -0.4 is 15.5 Å². The molecule has 1 aromatic heterocycles. The van der Waals surface area contributed by atoms with Crippen LogP contribution in [-0.2, 0) is 11.2 Å². The molecule has 3 rings (SSSR count). The number of anilines is 1. The summed E-state index contributed by atoms with van der Waals surface area (Å²) in [6, 6.07) is 9.65. The van der Waals surface area contributed by atoms with Crippen LogP contribution in [0.2, 0.25) is 5.02 Å². The Bertz CT molecular complexity index is 860. The van der Waals surface area contributed by atoms with Gasteiger partial charge in [0.1, 0.15) is 0 Å². The highest BCUT2D eigenvalue weighted by molar-refractivity contribution is 14.0. The van der Waals surface area contributed by atoms with Gasteiger partial charge < -0.3 is 20.4 Å². The summed E-state index contributed by atoms with van der Waals surface area (Å²) in [5.74, 6) is 1.58. The van der Waals surface area contributed by atoms with Crippen molar-refractivity contribution < 1.29 is 4.79 Å². The average Bonchev–Trinajstić information content (AvgIpc) is 2.80. The van der Waals surface area contributed by atoms with E-state index in [0.717, 1.165) is 49.5 Å². The summed E-state index contributed by atoms with van der Waals surface area (Å²) in [4.78, 5) is 29.7. The van der Waals surface area contributed by atoms with Crippen LogP contribution in [0.25, 0.3) is 0 Å². The molecule has 174 valence electrons. The average molecular weight is 572 g/mol. The number of halogens is 2. The summed E-state index contributed by atoms with van der Waals surface area (Å²) in [5.41, 5.74) is 1.17. The number of hydrogen-bond donors (Lipinski definition) is 2. The van der Waals surface area contributed by atoms with Crippen LogP contribution in [-0.4, -0.2) is 72.5 Å². The lowest BCUT2D eigenvalue weighted by atomic mass is 10.1.